The first-order valence-corrected chi connectivity index (χ1v) is 64.0. The summed E-state index contributed by atoms with van der Waals surface area (Å²) in [5.41, 5.74) is 12.6. The van der Waals surface area contributed by atoms with Crippen LogP contribution in [-0.4, -0.2) is 108 Å². The Morgan fingerprint density at radius 2 is 0.657 bits per heavy atom. The summed E-state index contributed by atoms with van der Waals surface area (Å²) in [5.74, 6) is 8.61. The van der Waals surface area contributed by atoms with Crippen LogP contribution in [0.3, 0.4) is 0 Å². The first-order chi connectivity index (χ1) is 47.4. The maximum Gasteiger partial charge on any atom is 3.00 e. The quantitative estimate of drug-likeness (QED) is 0.0334. The predicted octanol–water partition coefficient (Wildman–Crippen LogP) is 26.3. The molecule has 0 spiro atoms. The van der Waals surface area contributed by atoms with Crippen LogP contribution in [0, 0.1) is 98.5 Å². The fourth-order valence-electron chi connectivity index (χ4n) is 10.4. The Bertz CT molecular complexity index is 3220. The number of ether oxygens (including phenoxy) is 1. The molecule has 0 bridgehead atoms. The molecule has 6 aromatic rings. The van der Waals surface area contributed by atoms with Gasteiger partial charge >= 0.3 is 51.2 Å². The molecule has 25 heteroatoms. The monoisotopic (exact) mass is 1730 g/mol. The summed E-state index contributed by atoms with van der Waals surface area (Å²) >= 11 is 0. The number of pyridine rings is 6. The van der Waals surface area contributed by atoms with Crippen molar-refractivity contribution in [2.24, 2.45) is 4.99 Å². The minimum absolute atomic E-state index is 0. The number of hydrogen-bond donors (Lipinski definition) is 0. The van der Waals surface area contributed by atoms with Gasteiger partial charge in [0.1, 0.15) is 0 Å². The van der Waals surface area contributed by atoms with Crippen LogP contribution in [0.1, 0.15) is 149 Å². The molecule has 108 heavy (non-hydrogen) atoms. The van der Waals surface area contributed by atoms with Gasteiger partial charge in [-0.25, -0.2) is 18.7 Å². The smallest absolute Gasteiger partial charge is 0.673 e. The van der Waals surface area contributed by atoms with Gasteiger partial charge in [-0.15, -0.1) is 12.8 Å². The maximum absolute atomic E-state index is 4.82. The van der Waals surface area contributed by atoms with Crippen molar-refractivity contribution in [1.82, 2.24) is 29.9 Å². The molecule has 1 aliphatic rings. The second-order valence-corrected chi connectivity index (χ2v) is 72.1. The molecule has 605 valence electrons. The van der Waals surface area contributed by atoms with E-state index in [1.165, 1.54) is 6.42 Å². The Kier molecular flexibility index (Phi) is 60.2. The topological polar surface area (TPSA) is 184 Å². The average molecular weight is 1730 g/mol. The summed E-state index contributed by atoms with van der Waals surface area (Å²) in [5, 5.41) is 9.33. The van der Waals surface area contributed by atoms with E-state index in [2.05, 4.69) is 242 Å². The van der Waals surface area contributed by atoms with Crippen molar-refractivity contribution in [2.75, 3.05) is 6.61 Å². The summed E-state index contributed by atoms with van der Waals surface area (Å²) in [6.07, 6.45) is 11.8. The van der Waals surface area contributed by atoms with E-state index in [1.807, 2.05) is 178 Å². The molecule has 1 fully saturated rings. The van der Waals surface area contributed by atoms with Crippen molar-refractivity contribution in [3.05, 3.63) is 227 Å². The summed E-state index contributed by atoms with van der Waals surface area (Å²) in [4.78, 5) is 31.6. The fourth-order valence-corrected chi connectivity index (χ4v) is 42.6. The van der Waals surface area contributed by atoms with E-state index in [0.29, 0.717) is 0 Å². The van der Waals surface area contributed by atoms with E-state index in [9.17, 15) is 0 Å². The zero-order valence-electron chi connectivity index (χ0n) is 72.3. The number of terminal acetylenes is 2. The van der Waals surface area contributed by atoms with Crippen LogP contribution >= 0.6 is 0 Å². The predicted molar refractivity (Wildman–Crippen MR) is 490 cm³/mol. The van der Waals surface area contributed by atoms with Crippen LogP contribution in [0.15, 0.2) is 114 Å². The summed E-state index contributed by atoms with van der Waals surface area (Å²) in [7, 11) is -8.85. The first kappa shape index (κ1) is 115. The Morgan fingerprint density at radius 1 is 0.417 bits per heavy atom. The number of aliphatic imine (C=N–C) groups is 1. The molecule has 0 aromatic carbocycles. The summed E-state index contributed by atoms with van der Waals surface area (Å²) < 4.78 is 24.1. The van der Waals surface area contributed by atoms with Gasteiger partial charge in [-0.1, -0.05) is 299 Å². The number of hydrogen-bond acceptors (Lipinski definition) is 8. The van der Waals surface area contributed by atoms with Crippen molar-refractivity contribution in [2.45, 2.75) is 277 Å². The molecule has 7 rings (SSSR count). The van der Waals surface area contributed by atoms with Gasteiger partial charge < -0.3 is 47.8 Å². The van der Waals surface area contributed by atoms with Gasteiger partial charge in [0, 0.05) is 55.0 Å². The number of rotatable bonds is 19. The molecular weight excluding hydrogens is 1590 g/mol. The van der Waals surface area contributed by atoms with Gasteiger partial charge in [0.15, 0.2) is 0 Å². The summed E-state index contributed by atoms with van der Waals surface area (Å²) in [6.45, 7) is 86.1. The van der Waals surface area contributed by atoms with Gasteiger partial charge in [0.2, 0.25) is 0 Å². The van der Waals surface area contributed by atoms with E-state index in [4.69, 9.17) is 41.2 Å². The van der Waals surface area contributed by atoms with Gasteiger partial charge in [0.05, 0.1) is 23.1 Å². The standard InChI is InChI=1S/3C16H19N3.4C6H18NSi2.C6H2.C4H7O.CH4.3Fe.2H2/c3*1-11-7-5-9-15(17-11)13(3)19-14(4)16-10-6-8-12(2)18-16;4*1-8(2,3)7-9(4,5)6;1-3-5-6-4-2;1-2-4-5-3-1;;;;;;/h5-10,13H,1-4H3;2*5-10,13-14H,3H2,1-2,4H3;4*1-6H3;1-2H;3H,1-2,4H2;1H4;;;;2*1H/q;2*-2;4*-1;;-1;;3*+3;;/t13-;2*13?,14-;;;;;;;;;;;;/m010............/s1. The molecule has 3 radical (unpaired) electrons. The Balaban J connectivity index is -0.000000182. The van der Waals surface area contributed by atoms with Crippen molar-refractivity contribution in [3.8, 4) is 36.5 Å². The molecule has 1 saturated heterocycles. The molecule has 0 saturated carbocycles. The van der Waals surface area contributed by atoms with E-state index >= 15 is 0 Å². The third kappa shape index (κ3) is 67.9. The third-order valence-corrected chi connectivity index (χ3v) is 34.0. The first-order valence-electron chi connectivity index (χ1n) is 36.5. The van der Waals surface area contributed by atoms with E-state index < -0.39 is 65.9 Å². The van der Waals surface area contributed by atoms with E-state index in [1.54, 1.807) is 0 Å². The Morgan fingerprint density at radius 3 is 0.870 bits per heavy atom. The Hall–Kier alpha value is -3.74. The van der Waals surface area contributed by atoms with Gasteiger partial charge in [-0.3, -0.25) is 34.9 Å². The maximum atomic E-state index is 4.82. The number of aryl methyl sites for hydroxylation is 6. The molecule has 6 aromatic heterocycles. The molecule has 2 unspecified atom stereocenters. The molecule has 0 aliphatic carbocycles. The van der Waals surface area contributed by atoms with Crippen LogP contribution in [0.25, 0.3) is 29.2 Å². The second-order valence-electron chi connectivity index (χ2n) is 33.8. The SMILES string of the molecule is C.C#CC#CC#C.CC(=N[C@@H](C)c1cccc(C)n1)c1cccc(C)n1.C[Si](C)(C)[N-][Si](C)(C)C.C[Si](C)(C)[N-][Si](C)(C)C.C[Si](C)(C)[N-][Si](C)(C)C.C[Si](C)(C)[N-][Si](C)(C)C.[CH-]1CCCO1.[CH2-]C([N-][C@@H](C)c1cccc(C)n1)c1cccc(C)n1.[CH2-]C([N-][C@H](C)c1cccc(C)n1)c1cccc(C)n1.[Fe+3].[Fe+3].[Fe+3].[HH].[HH]. The largest absolute Gasteiger partial charge is 3.00 e. The average Bonchev–Trinajstić information content (AvgIpc) is 0.943. The van der Waals surface area contributed by atoms with Crippen molar-refractivity contribution in [1.29, 1.82) is 0 Å². The van der Waals surface area contributed by atoms with Gasteiger partial charge in [-0.2, -0.15) is 6.42 Å². The van der Waals surface area contributed by atoms with Crippen molar-refractivity contribution >= 4 is 71.6 Å². The molecule has 7 heterocycles. The minimum Gasteiger partial charge on any atom is -0.673 e. The van der Waals surface area contributed by atoms with Crippen LogP contribution in [0.5, 0.6) is 0 Å². The molecule has 5 atom stereocenters. The molecule has 0 N–H and O–H groups in total. The molecule has 0 amide bonds. The van der Waals surface area contributed by atoms with Crippen LogP contribution < -0.4 is 0 Å². The van der Waals surface area contributed by atoms with Crippen LogP contribution in [0.2, 0.25) is 157 Å². The second kappa shape index (κ2) is 56.5. The molecular formula is C83H146Fe3N13OSi8. The van der Waals surface area contributed by atoms with E-state index in [-0.39, 0.29) is 91.7 Å². The number of aromatic nitrogens is 6. The fraction of sp³-hybridized carbons (Fsp3) is 0.518. The Labute approximate surface area is 706 Å². The van der Waals surface area contributed by atoms with E-state index in [0.717, 1.165) is 87.1 Å². The third-order valence-electron chi connectivity index (χ3n) is 12.6. The van der Waals surface area contributed by atoms with Crippen molar-refractivity contribution in [3.63, 3.8) is 0 Å². The molecule has 1 aliphatic heterocycles. The zero-order chi connectivity index (χ0) is 80.7. The minimum atomic E-state index is -1.11. The zero-order valence-corrected chi connectivity index (χ0v) is 83.6. The molecule has 14 nitrogen and oxygen atoms in total. The normalized spacial score (nSPS) is 13.3. The number of nitrogens with zero attached hydrogens (tertiary/aromatic N) is 13. The summed E-state index contributed by atoms with van der Waals surface area (Å²) in [6, 6.07) is 35.6. The van der Waals surface area contributed by atoms with Gasteiger partial charge in [-0.05, 0) is 163 Å². The van der Waals surface area contributed by atoms with Crippen LogP contribution in [0.4, 0.5) is 0 Å². The van der Waals surface area contributed by atoms with Crippen molar-refractivity contribution < 1.29 is 58.8 Å². The van der Waals surface area contributed by atoms with Gasteiger partial charge in [0.25, 0.3) is 0 Å². The van der Waals surface area contributed by atoms with Crippen LogP contribution in [-0.2, 0) is 55.9 Å².